The van der Waals surface area contributed by atoms with Gasteiger partial charge in [-0.3, -0.25) is 0 Å². The molecule has 5 aromatic rings. The maximum Gasteiger partial charge on any atom is 0.0457 e. The summed E-state index contributed by atoms with van der Waals surface area (Å²) in [5.74, 6) is 1.64. The van der Waals surface area contributed by atoms with Crippen LogP contribution in [-0.2, 0) is 41.9 Å². The first-order valence-electron chi connectivity index (χ1n) is 22.9. The summed E-state index contributed by atoms with van der Waals surface area (Å²) in [4.78, 5) is 0. The van der Waals surface area contributed by atoms with Crippen molar-refractivity contribution in [1.82, 2.24) is 0 Å². The Kier molecular flexibility index (Phi) is 10.9. The average molecular weight is 773 g/mol. The van der Waals surface area contributed by atoms with Crippen LogP contribution < -0.4 is 0 Å². The maximum atomic E-state index is 3.29. The van der Waals surface area contributed by atoms with E-state index in [0.29, 0.717) is 5.92 Å². The number of rotatable bonds is 14. The van der Waals surface area contributed by atoms with Crippen LogP contribution in [0.1, 0.15) is 139 Å². The number of hydrogen-bond donors (Lipinski definition) is 0. The second-order valence-electron chi connectivity index (χ2n) is 19.6. The zero-order chi connectivity index (χ0) is 40.6. The molecule has 59 heavy (non-hydrogen) atoms. The summed E-state index contributed by atoms with van der Waals surface area (Å²) in [6.07, 6.45) is 25.5. The molecule has 4 aliphatic carbocycles. The minimum atomic E-state index is -0.120. The lowest BCUT2D eigenvalue weighted by atomic mass is 9.69. The predicted molar refractivity (Wildman–Crippen MR) is 250 cm³/mol. The molecule has 300 valence electrons. The first-order valence-corrected chi connectivity index (χ1v) is 22.9. The van der Waals surface area contributed by atoms with Crippen molar-refractivity contribution in [2.45, 2.75) is 128 Å². The molecule has 3 unspecified atom stereocenters. The van der Waals surface area contributed by atoms with Crippen molar-refractivity contribution in [2.75, 3.05) is 0 Å². The molecule has 0 amide bonds. The van der Waals surface area contributed by atoms with Crippen LogP contribution in [0, 0.1) is 25.7 Å². The van der Waals surface area contributed by atoms with E-state index in [1.807, 2.05) is 6.08 Å². The van der Waals surface area contributed by atoms with E-state index in [-0.39, 0.29) is 16.2 Å². The SMILES string of the molecule is Cc1ccc2c(c1)C(C1=CC=C=CC=C1)(c1ccc(CCC(C)CCC(C)(C)c3ccc(C4(c5ccc(CCC6CC6)cc5)CCc5ccc(C)cc54)cc3)cc1)CC2. The average Bonchev–Trinajstić information content (AvgIpc) is 3.99. The van der Waals surface area contributed by atoms with Gasteiger partial charge in [-0.2, -0.15) is 0 Å². The number of hydrogen-bond acceptors (Lipinski definition) is 0. The van der Waals surface area contributed by atoms with Crippen molar-refractivity contribution in [2.24, 2.45) is 11.8 Å². The molecule has 9 rings (SSSR count). The van der Waals surface area contributed by atoms with Gasteiger partial charge in [-0.25, -0.2) is 0 Å². The smallest absolute Gasteiger partial charge is 0.0457 e. The fourth-order valence-corrected chi connectivity index (χ4v) is 11.0. The first kappa shape index (κ1) is 39.6. The first-order chi connectivity index (χ1) is 28.6. The molecule has 5 aromatic carbocycles. The van der Waals surface area contributed by atoms with E-state index in [1.54, 1.807) is 0 Å². The van der Waals surface area contributed by atoms with Crippen LogP contribution in [0.4, 0.5) is 0 Å². The van der Waals surface area contributed by atoms with Gasteiger partial charge in [0.2, 0.25) is 0 Å². The summed E-state index contributed by atoms with van der Waals surface area (Å²) in [6.45, 7) is 11.9. The van der Waals surface area contributed by atoms with Gasteiger partial charge in [0.15, 0.2) is 0 Å². The van der Waals surface area contributed by atoms with Gasteiger partial charge in [0, 0.05) is 10.8 Å². The van der Waals surface area contributed by atoms with Crippen LogP contribution in [0.25, 0.3) is 0 Å². The highest BCUT2D eigenvalue weighted by atomic mass is 14.5. The van der Waals surface area contributed by atoms with Crippen molar-refractivity contribution in [1.29, 1.82) is 0 Å². The Morgan fingerprint density at radius 1 is 0.644 bits per heavy atom. The third kappa shape index (κ3) is 7.83. The largest absolute Gasteiger partial charge is 0.121 e. The third-order valence-corrected chi connectivity index (χ3v) is 15.1. The van der Waals surface area contributed by atoms with Gasteiger partial charge in [-0.1, -0.05) is 172 Å². The molecule has 0 bridgehead atoms. The Hall–Kier alpha value is -4.90. The predicted octanol–water partition coefficient (Wildman–Crippen LogP) is 14.7. The van der Waals surface area contributed by atoms with Gasteiger partial charge in [-0.05, 0) is 169 Å². The Balaban J connectivity index is 0.869. The zero-order valence-electron chi connectivity index (χ0n) is 36.4. The molecule has 1 saturated carbocycles. The van der Waals surface area contributed by atoms with Crippen molar-refractivity contribution >= 4 is 0 Å². The zero-order valence-corrected chi connectivity index (χ0v) is 36.4. The second-order valence-corrected chi connectivity index (χ2v) is 19.6. The van der Waals surface area contributed by atoms with Crippen LogP contribution in [0.2, 0.25) is 0 Å². The Labute approximate surface area is 355 Å². The lowest BCUT2D eigenvalue weighted by Crippen LogP contribution is -2.27. The molecule has 0 heterocycles. The van der Waals surface area contributed by atoms with E-state index in [9.17, 15) is 0 Å². The highest BCUT2D eigenvalue weighted by molar-refractivity contribution is 5.61. The van der Waals surface area contributed by atoms with Gasteiger partial charge in [0.25, 0.3) is 0 Å². The van der Waals surface area contributed by atoms with E-state index in [1.165, 1.54) is 117 Å². The van der Waals surface area contributed by atoms with Crippen molar-refractivity contribution < 1.29 is 0 Å². The summed E-state index contributed by atoms with van der Waals surface area (Å²) < 4.78 is 0. The lowest BCUT2D eigenvalue weighted by molar-refractivity contribution is 0.386. The summed E-state index contributed by atoms with van der Waals surface area (Å²) in [6, 6.07) is 43.6. The summed E-state index contributed by atoms with van der Waals surface area (Å²) in [7, 11) is 0. The van der Waals surface area contributed by atoms with Gasteiger partial charge in [0.1, 0.15) is 0 Å². The topological polar surface area (TPSA) is 0 Å². The molecule has 0 aromatic heterocycles. The van der Waals surface area contributed by atoms with E-state index in [0.717, 1.165) is 38.0 Å². The summed E-state index contributed by atoms with van der Waals surface area (Å²) in [5, 5.41) is 0. The molecule has 0 N–H and O–H groups in total. The Morgan fingerprint density at radius 2 is 1.20 bits per heavy atom. The molecule has 0 nitrogen and oxygen atoms in total. The minimum Gasteiger partial charge on any atom is -0.121 e. The summed E-state index contributed by atoms with van der Waals surface area (Å²) in [5.41, 5.74) is 22.0. The van der Waals surface area contributed by atoms with Crippen molar-refractivity contribution in [3.63, 3.8) is 0 Å². The molecule has 1 fully saturated rings. The molecule has 0 heteroatoms. The normalized spacial score (nSPS) is 21.3. The fourth-order valence-electron chi connectivity index (χ4n) is 11.0. The van der Waals surface area contributed by atoms with Crippen LogP contribution in [-0.4, -0.2) is 0 Å². The third-order valence-electron chi connectivity index (χ3n) is 15.1. The Bertz CT molecular complexity index is 2420. The van der Waals surface area contributed by atoms with Crippen LogP contribution in [0.5, 0.6) is 0 Å². The number of allylic oxidation sites excluding steroid dienone is 5. The van der Waals surface area contributed by atoms with E-state index in [2.05, 4.69) is 174 Å². The molecule has 3 atom stereocenters. The maximum absolute atomic E-state index is 3.29. The lowest BCUT2D eigenvalue weighted by Gasteiger charge is -2.34. The molecule has 0 radical (unpaired) electrons. The standard InChI is InChI=1S/C59H64/c1-42(12-15-45-20-26-52(27-21-45)58(51-10-8-6-7-9-11-51)38-35-48-24-13-43(2)40-55(48)58)34-37-57(4,5)50-30-32-54(33-31-50)59(39-36-49-25-14-44(3)41-56(49)59)53-28-22-47(23-29-53)19-18-46-16-17-46/h6,8-11,13-14,20-33,40-42,46H,12,15-19,34-39H2,1-5H3. The molecule has 0 saturated heterocycles. The van der Waals surface area contributed by atoms with E-state index >= 15 is 0 Å². The van der Waals surface area contributed by atoms with E-state index < -0.39 is 0 Å². The fraction of sp³-hybridized carbons (Fsp3) is 0.373. The highest BCUT2D eigenvalue weighted by Crippen LogP contribution is 2.51. The molecule has 0 spiro atoms. The summed E-state index contributed by atoms with van der Waals surface area (Å²) >= 11 is 0. The number of benzene rings is 5. The van der Waals surface area contributed by atoms with Gasteiger partial charge < -0.3 is 0 Å². The van der Waals surface area contributed by atoms with Gasteiger partial charge in [0.05, 0.1) is 0 Å². The molecular weight excluding hydrogens is 709 g/mol. The van der Waals surface area contributed by atoms with Gasteiger partial charge >= 0.3 is 0 Å². The van der Waals surface area contributed by atoms with Gasteiger partial charge in [-0.15, -0.1) is 5.73 Å². The van der Waals surface area contributed by atoms with Crippen molar-refractivity contribution in [3.05, 3.63) is 218 Å². The highest BCUT2D eigenvalue weighted by Gasteiger charge is 2.43. The van der Waals surface area contributed by atoms with Crippen LogP contribution in [0.3, 0.4) is 0 Å². The monoisotopic (exact) mass is 773 g/mol. The van der Waals surface area contributed by atoms with Crippen LogP contribution >= 0.6 is 0 Å². The number of fused-ring (bicyclic) bond motifs is 2. The van der Waals surface area contributed by atoms with Crippen molar-refractivity contribution in [3.8, 4) is 0 Å². The molecule has 4 aliphatic rings. The second kappa shape index (κ2) is 16.3. The molecule has 0 aliphatic heterocycles. The minimum absolute atomic E-state index is 0.0919. The van der Waals surface area contributed by atoms with Crippen LogP contribution in [0.15, 0.2) is 151 Å². The quantitative estimate of drug-likeness (QED) is 0.0986. The van der Waals surface area contributed by atoms with E-state index in [4.69, 9.17) is 0 Å². The number of aryl methyl sites for hydroxylation is 6. The molecular formula is C59H64. The Morgan fingerprint density at radius 3 is 1.83 bits per heavy atom.